The third-order valence-electron chi connectivity index (χ3n) is 5.63. The summed E-state index contributed by atoms with van der Waals surface area (Å²) in [5, 5.41) is 7.33. The molecule has 1 amide bonds. The summed E-state index contributed by atoms with van der Waals surface area (Å²) in [7, 11) is 1.91. The number of nitrogens with one attached hydrogen (secondary N) is 1. The molecule has 2 aromatic heterocycles. The molecule has 3 aromatic rings. The lowest BCUT2D eigenvalue weighted by molar-refractivity contribution is -0.118. The zero-order chi connectivity index (χ0) is 22.1. The van der Waals surface area contributed by atoms with E-state index in [9.17, 15) is 9.18 Å². The highest BCUT2D eigenvalue weighted by Gasteiger charge is 2.35. The first kappa shape index (κ1) is 23.7. The molecule has 0 bridgehead atoms. The molecule has 1 atom stereocenters. The van der Waals surface area contributed by atoms with E-state index in [0.717, 1.165) is 29.3 Å². The Kier molecular flexibility index (Phi) is 7.18. The molecule has 0 spiro atoms. The minimum absolute atomic E-state index is 0. The van der Waals surface area contributed by atoms with E-state index in [1.807, 2.05) is 45.0 Å². The van der Waals surface area contributed by atoms with Gasteiger partial charge in [-0.1, -0.05) is 32.0 Å². The van der Waals surface area contributed by atoms with E-state index in [4.69, 9.17) is 4.98 Å². The Morgan fingerprint density at radius 3 is 2.66 bits per heavy atom. The molecule has 170 valence electrons. The van der Waals surface area contributed by atoms with Gasteiger partial charge in [0.05, 0.1) is 18.4 Å². The van der Waals surface area contributed by atoms with Gasteiger partial charge in [0.25, 0.3) is 0 Å². The van der Waals surface area contributed by atoms with Crippen LogP contribution < -0.4 is 10.2 Å². The van der Waals surface area contributed by atoms with E-state index in [0.29, 0.717) is 24.2 Å². The van der Waals surface area contributed by atoms with E-state index in [2.05, 4.69) is 15.4 Å². The summed E-state index contributed by atoms with van der Waals surface area (Å²) < 4.78 is 15.6. The standard InChI is InChI=1S/C23H27FN6O.H2S/c1-14(2)21-23(31)28-20-15(3)26-19(27-22(20)29(21)4)10-9-16-11-25-30(12-16)13-17-7-5-6-8-18(17)24;/h5-8,11-12,14,21H,9-10,13H2,1-4H3,(H,28,31);1H2/t21-;/m0./s1. The number of amides is 1. The molecule has 1 aromatic carbocycles. The summed E-state index contributed by atoms with van der Waals surface area (Å²) in [6.07, 6.45) is 5.10. The van der Waals surface area contributed by atoms with Crippen LogP contribution in [0.2, 0.25) is 0 Å². The lowest BCUT2D eigenvalue weighted by Gasteiger charge is -2.36. The zero-order valence-corrected chi connectivity index (χ0v) is 19.8. The monoisotopic (exact) mass is 456 g/mol. The van der Waals surface area contributed by atoms with E-state index >= 15 is 0 Å². The van der Waals surface area contributed by atoms with Crippen LogP contribution in [0.1, 0.15) is 36.5 Å². The number of likely N-dealkylation sites (N-methyl/N-ethyl adjacent to an activating group) is 1. The normalized spacial score (nSPS) is 15.4. The maximum Gasteiger partial charge on any atom is 0.247 e. The Morgan fingerprint density at radius 2 is 1.94 bits per heavy atom. The summed E-state index contributed by atoms with van der Waals surface area (Å²) >= 11 is 0. The second-order valence-corrected chi connectivity index (χ2v) is 8.35. The third kappa shape index (κ3) is 4.77. The van der Waals surface area contributed by atoms with Gasteiger partial charge in [-0.05, 0) is 30.9 Å². The van der Waals surface area contributed by atoms with Crippen molar-refractivity contribution in [1.29, 1.82) is 0 Å². The van der Waals surface area contributed by atoms with Gasteiger partial charge in [0.2, 0.25) is 5.91 Å². The van der Waals surface area contributed by atoms with Crippen LogP contribution in [0, 0.1) is 18.7 Å². The van der Waals surface area contributed by atoms with Crippen molar-refractivity contribution in [3.63, 3.8) is 0 Å². The van der Waals surface area contributed by atoms with E-state index in [1.165, 1.54) is 6.07 Å². The average Bonchev–Trinajstić information content (AvgIpc) is 3.16. The van der Waals surface area contributed by atoms with Crippen LogP contribution >= 0.6 is 13.5 Å². The fourth-order valence-corrected chi connectivity index (χ4v) is 4.06. The molecule has 0 aliphatic carbocycles. The Balaban J connectivity index is 0.00000289. The van der Waals surface area contributed by atoms with Crippen molar-refractivity contribution >= 4 is 30.9 Å². The first-order chi connectivity index (χ1) is 14.8. The second-order valence-electron chi connectivity index (χ2n) is 8.35. The molecular formula is C23H29FN6OS. The fraction of sp³-hybridized carbons (Fsp3) is 0.391. The minimum atomic E-state index is -0.258. The predicted octanol–water partition coefficient (Wildman–Crippen LogP) is 3.48. The number of carbonyl (C=O) groups excluding carboxylic acids is 1. The van der Waals surface area contributed by atoms with Gasteiger partial charge in [-0.3, -0.25) is 9.48 Å². The molecule has 0 radical (unpaired) electrons. The fourth-order valence-electron chi connectivity index (χ4n) is 4.06. The molecule has 1 aliphatic rings. The molecule has 0 saturated heterocycles. The van der Waals surface area contributed by atoms with Crippen LogP contribution in [0.5, 0.6) is 0 Å². The Labute approximate surface area is 194 Å². The number of anilines is 2. The first-order valence-corrected chi connectivity index (χ1v) is 10.5. The number of rotatable bonds is 6. The van der Waals surface area contributed by atoms with Crippen LogP contribution in [0.3, 0.4) is 0 Å². The Hall–Kier alpha value is -2.94. The lowest BCUT2D eigenvalue weighted by atomic mass is 9.99. The zero-order valence-electron chi connectivity index (χ0n) is 18.8. The molecular weight excluding hydrogens is 427 g/mol. The predicted molar refractivity (Wildman–Crippen MR) is 128 cm³/mol. The number of benzene rings is 1. The van der Waals surface area contributed by atoms with Crippen LogP contribution in [-0.2, 0) is 24.2 Å². The molecule has 32 heavy (non-hydrogen) atoms. The highest BCUT2D eigenvalue weighted by Crippen LogP contribution is 2.33. The largest absolute Gasteiger partial charge is 0.346 e. The smallest absolute Gasteiger partial charge is 0.247 e. The van der Waals surface area contributed by atoms with Crippen LogP contribution in [0.4, 0.5) is 15.9 Å². The van der Waals surface area contributed by atoms with Gasteiger partial charge in [-0.15, -0.1) is 0 Å². The van der Waals surface area contributed by atoms with Crippen molar-refractivity contribution in [2.75, 3.05) is 17.3 Å². The van der Waals surface area contributed by atoms with E-state index in [-0.39, 0.29) is 37.2 Å². The number of hydrogen-bond acceptors (Lipinski definition) is 5. The number of aryl methyl sites for hydroxylation is 3. The van der Waals surface area contributed by atoms with Crippen molar-refractivity contribution < 1.29 is 9.18 Å². The number of hydrogen-bond donors (Lipinski definition) is 1. The summed E-state index contributed by atoms with van der Waals surface area (Å²) in [5.41, 5.74) is 3.09. The molecule has 4 rings (SSSR count). The molecule has 1 N–H and O–H groups in total. The molecule has 0 fully saturated rings. The van der Waals surface area contributed by atoms with E-state index < -0.39 is 0 Å². The van der Waals surface area contributed by atoms with E-state index in [1.54, 1.807) is 23.0 Å². The summed E-state index contributed by atoms with van der Waals surface area (Å²) in [6, 6.07) is 6.47. The SMILES string of the molecule is Cc1nc(CCc2cnn(Cc3ccccc3F)c2)nc2c1NC(=O)[C@H](C(C)C)N2C.S. The van der Waals surface area contributed by atoms with Crippen LogP contribution in [0.15, 0.2) is 36.7 Å². The van der Waals surface area contributed by atoms with Crippen molar-refractivity contribution in [2.24, 2.45) is 5.92 Å². The quantitative estimate of drug-likeness (QED) is 0.615. The second kappa shape index (κ2) is 9.68. The van der Waals surface area contributed by atoms with Crippen molar-refractivity contribution in [1.82, 2.24) is 19.7 Å². The summed E-state index contributed by atoms with van der Waals surface area (Å²) in [5.74, 6) is 1.40. The molecule has 7 nitrogen and oxygen atoms in total. The van der Waals surface area contributed by atoms with Crippen molar-refractivity contribution in [2.45, 2.75) is 46.2 Å². The van der Waals surface area contributed by atoms with Gasteiger partial charge in [0.15, 0.2) is 5.82 Å². The molecule has 0 saturated carbocycles. The minimum Gasteiger partial charge on any atom is -0.346 e. The van der Waals surface area contributed by atoms with Gasteiger partial charge in [-0.25, -0.2) is 14.4 Å². The van der Waals surface area contributed by atoms with Crippen LogP contribution in [0.25, 0.3) is 0 Å². The number of nitrogens with zero attached hydrogens (tertiary/aromatic N) is 5. The van der Waals surface area contributed by atoms with Gasteiger partial charge < -0.3 is 10.2 Å². The van der Waals surface area contributed by atoms with Gasteiger partial charge >= 0.3 is 0 Å². The lowest BCUT2D eigenvalue weighted by Crippen LogP contribution is -2.49. The maximum absolute atomic E-state index is 13.9. The maximum atomic E-state index is 13.9. The van der Waals surface area contributed by atoms with Crippen molar-refractivity contribution in [3.05, 3.63) is 65.1 Å². The molecule has 1 aliphatic heterocycles. The van der Waals surface area contributed by atoms with Crippen molar-refractivity contribution in [3.8, 4) is 0 Å². The number of carbonyl (C=O) groups is 1. The topological polar surface area (TPSA) is 75.9 Å². The molecule has 9 heteroatoms. The summed E-state index contributed by atoms with van der Waals surface area (Å²) in [6.45, 7) is 6.34. The Morgan fingerprint density at radius 1 is 1.19 bits per heavy atom. The molecule has 3 heterocycles. The molecule has 0 unspecified atom stereocenters. The van der Waals surface area contributed by atoms with Gasteiger partial charge in [-0.2, -0.15) is 18.6 Å². The van der Waals surface area contributed by atoms with Gasteiger partial charge in [0.1, 0.15) is 23.4 Å². The van der Waals surface area contributed by atoms with Crippen LogP contribution in [-0.4, -0.2) is 38.7 Å². The highest BCUT2D eigenvalue weighted by molar-refractivity contribution is 7.59. The number of aromatic nitrogens is 4. The number of fused-ring (bicyclic) bond motifs is 1. The highest BCUT2D eigenvalue weighted by atomic mass is 32.1. The average molecular weight is 457 g/mol. The van der Waals surface area contributed by atoms with Gasteiger partial charge in [0, 0.05) is 25.2 Å². The Bertz CT molecular complexity index is 1120. The summed E-state index contributed by atoms with van der Waals surface area (Å²) in [4.78, 5) is 23.8. The third-order valence-corrected chi connectivity index (χ3v) is 5.63. The number of halogens is 1. The first-order valence-electron chi connectivity index (χ1n) is 10.5.